The Morgan fingerprint density at radius 3 is 1.96 bits per heavy atom. The molecule has 1 heterocycles. The minimum Gasteiger partial charge on any atom is -0.368 e. The Morgan fingerprint density at radius 2 is 1.30 bits per heavy atom. The van der Waals surface area contributed by atoms with Crippen LogP contribution in [0.2, 0.25) is 0 Å². The van der Waals surface area contributed by atoms with E-state index in [2.05, 4.69) is 51.4 Å². The number of nitrogens with zero attached hydrogens (tertiary/aromatic N) is 3. The smallest absolute Gasteiger partial charge is 0.225 e. The first-order valence-corrected chi connectivity index (χ1v) is 8.34. The van der Waals surface area contributed by atoms with Gasteiger partial charge in [-0.05, 0) is 16.7 Å². The van der Waals surface area contributed by atoms with Crippen molar-refractivity contribution in [2.75, 3.05) is 11.5 Å². The van der Waals surface area contributed by atoms with Crippen LogP contribution in [0.15, 0.2) is 54.6 Å². The van der Waals surface area contributed by atoms with Gasteiger partial charge in [-0.2, -0.15) is 15.0 Å². The molecule has 0 spiro atoms. The van der Waals surface area contributed by atoms with E-state index in [0.717, 1.165) is 5.75 Å². The minimum atomic E-state index is 0.167. The summed E-state index contributed by atoms with van der Waals surface area (Å²) in [4.78, 5) is 11.9. The van der Waals surface area contributed by atoms with Gasteiger partial charge in [-0.25, -0.2) is 0 Å². The SMILES string of the molecule is Nc1nc(N)nc(CSCc2ccc(-c3ccccc3)cc2)n1. The lowest BCUT2D eigenvalue weighted by atomic mass is 10.0. The number of anilines is 2. The number of aromatic nitrogens is 3. The topological polar surface area (TPSA) is 90.7 Å². The zero-order valence-corrected chi connectivity index (χ0v) is 13.3. The van der Waals surface area contributed by atoms with Crippen LogP contribution in [0.1, 0.15) is 11.4 Å². The van der Waals surface area contributed by atoms with E-state index in [1.165, 1.54) is 16.7 Å². The Kier molecular flexibility index (Phi) is 4.73. The third kappa shape index (κ3) is 4.20. The van der Waals surface area contributed by atoms with E-state index in [9.17, 15) is 0 Å². The van der Waals surface area contributed by atoms with Crippen molar-refractivity contribution in [2.24, 2.45) is 0 Å². The molecule has 0 aliphatic carbocycles. The summed E-state index contributed by atoms with van der Waals surface area (Å²) in [6.45, 7) is 0. The fourth-order valence-corrected chi connectivity index (χ4v) is 3.05. The molecule has 0 saturated heterocycles. The first-order chi connectivity index (χ1) is 11.2. The molecule has 0 unspecified atom stereocenters. The summed E-state index contributed by atoms with van der Waals surface area (Å²) in [5.74, 6) is 2.47. The van der Waals surface area contributed by atoms with Crippen molar-refractivity contribution in [3.8, 4) is 11.1 Å². The van der Waals surface area contributed by atoms with Crippen LogP contribution < -0.4 is 11.5 Å². The Morgan fingerprint density at radius 1 is 0.696 bits per heavy atom. The number of nitrogen functional groups attached to an aromatic ring is 2. The number of hydrogen-bond donors (Lipinski definition) is 2. The van der Waals surface area contributed by atoms with E-state index >= 15 is 0 Å². The van der Waals surface area contributed by atoms with Crippen molar-refractivity contribution in [3.05, 3.63) is 66.0 Å². The molecule has 0 bridgehead atoms. The van der Waals surface area contributed by atoms with Crippen molar-refractivity contribution in [1.82, 2.24) is 15.0 Å². The second-order valence-corrected chi connectivity index (χ2v) is 6.01. The van der Waals surface area contributed by atoms with E-state index in [4.69, 9.17) is 11.5 Å². The predicted molar refractivity (Wildman–Crippen MR) is 95.5 cm³/mol. The fourth-order valence-electron chi connectivity index (χ4n) is 2.21. The molecule has 2 aromatic carbocycles. The summed E-state index contributed by atoms with van der Waals surface area (Å²) >= 11 is 1.71. The van der Waals surface area contributed by atoms with Crippen LogP contribution in [-0.2, 0) is 11.5 Å². The van der Waals surface area contributed by atoms with Gasteiger partial charge in [-0.1, -0.05) is 54.6 Å². The van der Waals surface area contributed by atoms with Gasteiger partial charge in [-0.15, -0.1) is 11.8 Å². The molecule has 0 saturated carbocycles. The highest BCUT2D eigenvalue weighted by Crippen LogP contribution is 2.22. The predicted octanol–water partition coefficient (Wildman–Crippen LogP) is 3.14. The molecule has 23 heavy (non-hydrogen) atoms. The molecule has 3 rings (SSSR count). The van der Waals surface area contributed by atoms with Crippen LogP contribution in [0.25, 0.3) is 11.1 Å². The molecule has 0 aliphatic rings. The molecule has 0 amide bonds. The molecular weight excluding hydrogens is 306 g/mol. The van der Waals surface area contributed by atoms with Crippen molar-refractivity contribution in [1.29, 1.82) is 0 Å². The number of benzene rings is 2. The molecule has 0 atom stereocenters. The van der Waals surface area contributed by atoms with Gasteiger partial charge >= 0.3 is 0 Å². The van der Waals surface area contributed by atoms with Gasteiger partial charge in [0.1, 0.15) is 5.82 Å². The number of thioether (sulfide) groups is 1. The molecule has 6 heteroatoms. The minimum absolute atomic E-state index is 0.167. The van der Waals surface area contributed by atoms with E-state index in [0.29, 0.717) is 11.6 Å². The maximum Gasteiger partial charge on any atom is 0.225 e. The van der Waals surface area contributed by atoms with E-state index in [1.807, 2.05) is 18.2 Å². The van der Waals surface area contributed by atoms with Gasteiger partial charge in [0, 0.05) is 5.75 Å². The zero-order valence-electron chi connectivity index (χ0n) is 12.5. The molecule has 1 aromatic heterocycles. The Hall–Kier alpha value is -2.60. The van der Waals surface area contributed by atoms with Crippen LogP contribution in [-0.4, -0.2) is 15.0 Å². The highest BCUT2D eigenvalue weighted by Gasteiger charge is 2.03. The lowest BCUT2D eigenvalue weighted by Gasteiger charge is -2.05. The molecule has 116 valence electrons. The first kappa shape index (κ1) is 15.3. The highest BCUT2D eigenvalue weighted by atomic mass is 32.2. The second kappa shape index (κ2) is 7.11. The summed E-state index contributed by atoms with van der Waals surface area (Å²) in [6, 6.07) is 18.9. The van der Waals surface area contributed by atoms with E-state index in [-0.39, 0.29) is 11.9 Å². The summed E-state index contributed by atoms with van der Waals surface area (Å²) in [6.07, 6.45) is 0. The molecule has 5 nitrogen and oxygen atoms in total. The van der Waals surface area contributed by atoms with Crippen LogP contribution in [0, 0.1) is 0 Å². The van der Waals surface area contributed by atoms with Crippen LogP contribution >= 0.6 is 11.8 Å². The summed E-state index contributed by atoms with van der Waals surface area (Å²) in [5.41, 5.74) is 14.8. The first-order valence-electron chi connectivity index (χ1n) is 7.19. The number of hydrogen-bond acceptors (Lipinski definition) is 6. The number of rotatable bonds is 5. The summed E-state index contributed by atoms with van der Waals surface area (Å²) in [5, 5.41) is 0. The average Bonchev–Trinajstić information content (AvgIpc) is 2.55. The third-order valence-corrected chi connectivity index (χ3v) is 4.28. The van der Waals surface area contributed by atoms with E-state index < -0.39 is 0 Å². The quantitative estimate of drug-likeness (QED) is 0.749. The average molecular weight is 323 g/mol. The van der Waals surface area contributed by atoms with Gasteiger partial charge < -0.3 is 11.5 Å². The van der Waals surface area contributed by atoms with Crippen molar-refractivity contribution in [3.63, 3.8) is 0 Å². The largest absolute Gasteiger partial charge is 0.368 e. The van der Waals surface area contributed by atoms with Crippen LogP contribution in [0.3, 0.4) is 0 Å². The Labute approximate surface area is 139 Å². The molecule has 0 radical (unpaired) electrons. The Balaban J connectivity index is 1.58. The van der Waals surface area contributed by atoms with E-state index in [1.54, 1.807) is 11.8 Å². The highest BCUT2D eigenvalue weighted by molar-refractivity contribution is 7.97. The van der Waals surface area contributed by atoms with Gasteiger partial charge in [0.15, 0.2) is 0 Å². The standard InChI is InChI=1S/C17H17N5S/c18-16-20-15(21-17(19)22-16)11-23-10-12-6-8-14(9-7-12)13-4-2-1-3-5-13/h1-9H,10-11H2,(H4,18,19,20,21,22). The van der Waals surface area contributed by atoms with Gasteiger partial charge in [-0.3, -0.25) is 0 Å². The Bertz CT molecular complexity index is 754. The molecule has 4 N–H and O–H groups in total. The van der Waals surface area contributed by atoms with Crippen molar-refractivity contribution >= 4 is 23.7 Å². The summed E-state index contributed by atoms with van der Waals surface area (Å²) in [7, 11) is 0. The lowest BCUT2D eigenvalue weighted by molar-refractivity contribution is 0.987. The van der Waals surface area contributed by atoms with Crippen LogP contribution in [0.4, 0.5) is 11.9 Å². The molecule has 0 aliphatic heterocycles. The number of nitrogens with two attached hydrogens (primary N) is 2. The van der Waals surface area contributed by atoms with Gasteiger partial charge in [0.2, 0.25) is 11.9 Å². The van der Waals surface area contributed by atoms with Gasteiger partial charge in [0.25, 0.3) is 0 Å². The lowest BCUT2D eigenvalue weighted by Crippen LogP contribution is -2.06. The monoisotopic (exact) mass is 323 g/mol. The maximum absolute atomic E-state index is 5.56. The van der Waals surface area contributed by atoms with Crippen molar-refractivity contribution < 1.29 is 0 Å². The third-order valence-electron chi connectivity index (χ3n) is 3.28. The molecule has 3 aromatic rings. The molecular formula is C17H17N5S. The second-order valence-electron chi connectivity index (χ2n) is 5.02. The van der Waals surface area contributed by atoms with Crippen molar-refractivity contribution in [2.45, 2.75) is 11.5 Å². The maximum atomic E-state index is 5.56. The van der Waals surface area contributed by atoms with Crippen LogP contribution in [0.5, 0.6) is 0 Å². The summed E-state index contributed by atoms with van der Waals surface area (Å²) < 4.78 is 0. The fraction of sp³-hybridized carbons (Fsp3) is 0.118. The molecule has 0 fully saturated rings. The zero-order chi connectivity index (χ0) is 16.1. The normalized spacial score (nSPS) is 10.6. The van der Waals surface area contributed by atoms with Gasteiger partial charge in [0.05, 0.1) is 5.75 Å².